The van der Waals surface area contributed by atoms with Gasteiger partial charge in [-0.3, -0.25) is 0 Å². The molecule has 2 aromatic rings. The van der Waals surface area contributed by atoms with Gasteiger partial charge in [-0.1, -0.05) is 100 Å². The summed E-state index contributed by atoms with van der Waals surface area (Å²) in [5.41, 5.74) is 0.949. The molecule has 2 rings (SSSR count). The summed E-state index contributed by atoms with van der Waals surface area (Å²) in [6.07, 6.45) is 0.258. The first-order chi connectivity index (χ1) is 8.31. The first-order valence-corrected chi connectivity index (χ1v) is 7.11. The second-order valence-electron chi connectivity index (χ2n) is 4.02. The molecule has 0 fully saturated rings. The predicted molar refractivity (Wildman–Crippen MR) is 82.4 cm³/mol. The standard InChI is InChI=1S/C13H9Cl5/c14-12(15,13(16,17)18)8-10-6-3-5-9-4-1-2-7-11(9)10/h1-7H,8H2. The fourth-order valence-electron chi connectivity index (χ4n) is 1.79. The number of fused-ring (bicyclic) bond motifs is 1. The lowest BCUT2D eigenvalue weighted by Crippen LogP contribution is -2.33. The number of hydrogen-bond donors (Lipinski definition) is 0. The Morgan fingerprint density at radius 3 is 2.06 bits per heavy atom. The molecule has 0 aromatic heterocycles. The van der Waals surface area contributed by atoms with Gasteiger partial charge >= 0.3 is 0 Å². The van der Waals surface area contributed by atoms with E-state index in [0.717, 1.165) is 16.3 Å². The molecule has 0 aliphatic rings. The first-order valence-electron chi connectivity index (χ1n) is 5.22. The fraction of sp³-hybridized carbons (Fsp3) is 0.231. The average molecular weight is 342 g/mol. The SMILES string of the molecule is ClC(Cl)(Cl)C(Cl)(Cl)Cc1cccc2ccccc12. The molecule has 0 heterocycles. The van der Waals surface area contributed by atoms with Crippen molar-refractivity contribution in [3.05, 3.63) is 48.0 Å². The van der Waals surface area contributed by atoms with Crippen LogP contribution < -0.4 is 0 Å². The molecular weight excluding hydrogens is 333 g/mol. The molecule has 0 aliphatic carbocycles. The zero-order chi connectivity index (χ0) is 13.4. The van der Waals surface area contributed by atoms with Crippen LogP contribution in [0.2, 0.25) is 0 Å². The Kier molecular flexibility index (Phi) is 4.26. The lowest BCUT2D eigenvalue weighted by molar-refractivity contribution is 0.791. The Hall–Kier alpha value is 0.150. The van der Waals surface area contributed by atoms with E-state index >= 15 is 0 Å². The van der Waals surface area contributed by atoms with E-state index in [-0.39, 0.29) is 6.42 Å². The highest BCUT2D eigenvalue weighted by Gasteiger charge is 2.45. The van der Waals surface area contributed by atoms with E-state index in [2.05, 4.69) is 0 Å². The van der Waals surface area contributed by atoms with Crippen molar-refractivity contribution in [3.8, 4) is 0 Å². The summed E-state index contributed by atoms with van der Waals surface area (Å²) in [7, 11) is 0. The molecule has 0 aliphatic heterocycles. The summed E-state index contributed by atoms with van der Waals surface area (Å²) >= 11 is 29.6. The number of halogens is 5. The van der Waals surface area contributed by atoms with Crippen LogP contribution in [0.15, 0.2) is 42.5 Å². The van der Waals surface area contributed by atoms with Crippen molar-refractivity contribution < 1.29 is 0 Å². The molecular formula is C13H9Cl5. The molecule has 96 valence electrons. The second kappa shape index (κ2) is 5.26. The summed E-state index contributed by atoms with van der Waals surface area (Å²) in [4.78, 5) is 0. The van der Waals surface area contributed by atoms with E-state index in [1.54, 1.807) is 0 Å². The van der Waals surface area contributed by atoms with Crippen molar-refractivity contribution in [1.82, 2.24) is 0 Å². The third kappa shape index (κ3) is 3.00. The highest BCUT2D eigenvalue weighted by molar-refractivity contribution is 6.75. The van der Waals surface area contributed by atoms with Gasteiger partial charge in [0.15, 0.2) is 4.33 Å². The lowest BCUT2D eigenvalue weighted by Gasteiger charge is -2.27. The molecule has 0 N–H and O–H groups in total. The zero-order valence-corrected chi connectivity index (χ0v) is 12.9. The molecule has 0 atom stereocenters. The van der Waals surface area contributed by atoms with Crippen LogP contribution in [0.25, 0.3) is 10.8 Å². The molecule has 0 spiro atoms. The monoisotopic (exact) mass is 340 g/mol. The van der Waals surface area contributed by atoms with Crippen LogP contribution in [0, 0.1) is 0 Å². The average Bonchev–Trinajstić information content (AvgIpc) is 2.27. The van der Waals surface area contributed by atoms with Crippen molar-refractivity contribution in [3.63, 3.8) is 0 Å². The predicted octanol–water partition coefficient (Wildman–Crippen LogP) is 5.93. The van der Waals surface area contributed by atoms with Gasteiger partial charge in [0.25, 0.3) is 0 Å². The summed E-state index contributed by atoms with van der Waals surface area (Å²) in [6.45, 7) is 0. The summed E-state index contributed by atoms with van der Waals surface area (Å²) < 4.78 is -3.21. The van der Waals surface area contributed by atoms with E-state index in [0.29, 0.717) is 0 Å². The number of hydrogen-bond acceptors (Lipinski definition) is 0. The van der Waals surface area contributed by atoms with Crippen molar-refractivity contribution in [1.29, 1.82) is 0 Å². The Bertz CT molecular complexity index is 551. The minimum Gasteiger partial charge on any atom is -0.0965 e. The molecule has 2 aromatic carbocycles. The third-order valence-corrected chi connectivity index (χ3v) is 5.09. The van der Waals surface area contributed by atoms with Crippen LogP contribution >= 0.6 is 58.0 Å². The zero-order valence-electron chi connectivity index (χ0n) is 9.14. The van der Waals surface area contributed by atoms with Gasteiger partial charge in [-0.05, 0) is 16.3 Å². The highest BCUT2D eigenvalue weighted by atomic mass is 35.6. The Labute approximate surface area is 131 Å². The molecule has 5 heteroatoms. The first kappa shape index (κ1) is 14.6. The molecule has 0 unspecified atom stereocenters. The minimum atomic E-state index is -1.74. The van der Waals surface area contributed by atoms with Gasteiger partial charge in [0.1, 0.15) is 0 Å². The molecule has 0 radical (unpaired) electrons. The molecule has 0 nitrogen and oxygen atoms in total. The third-order valence-electron chi connectivity index (χ3n) is 2.71. The van der Waals surface area contributed by atoms with Gasteiger partial charge in [0.2, 0.25) is 3.79 Å². The van der Waals surface area contributed by atoms with E-state index in [9.17, 15) is 0 Å². The maximum Gasteiger partial charge on any atom is 0.223 e. The van der Waals surface area contributed by atoms with Gasteiger partial charge in [-0.25, -0.2) is 0 Å². The van der Waals surface area contributed by atoms with Crippen LogP contribution in [0.1, 0.15) is 5.56 Å². The van der Waals surface area contributed by atoms with Crippen LogP contribution in [0.4, 0.5) is 0 Å². The van der Waals surface area contributed by atoms with E-state index in [1.165, 1.54) is 0 Å². The van der Waals surface area contributed by atoms with Crippen molar-refractivity contribution in [2.24, 2.45) is 0 Å². The van der Waals surface area contributed by atoms with Crippen molar-refractivity contribution in [2.45, 2.75) is 14.5 Å². The summed E-state index contributed by atoms with van der Waals surface area (Å²) in [5.74, 6) is 0. The Morgan fingerprint density at radius 2 is 1.39 bits per heavy atom. The largest absolute Gasteiger partial charge is 0.223 e. The van der Waals surface area contributed by atoms with Crippen molar-refractivity contribution in [2.75, 3.05) is 0 Å². The van der Waals surface area contributed by atoms with Gasteiger partial charge in [-0.2, -0.15) is 0 Å². The minimum absolute atomic E-state index is 0.258. The lowest BCUT2D eigenvalue weighted by atomic mass is 10.0. The van der Waals surface area contributed by atoms with Crippen LogP contribution in [0.5, 0.6) is 0 Å². The normalized spacial score (nSPS) is 12.9. The molecule has 0 amide bonds. The maximum absolute atomic E-state index is 6.12. The van der Waals surface area contributed by atoms with Gasteiger partial charge in [0, 0.05) is 6.42 Å². The second-order valence-corrected chi connectivity index (χ2v) is 7.78. The quantitative estimate of drug-likeness (QED) is 0.594. The van der Waals surface area contributed by atoms with Crippen LogP contribution in [0.3, 0.4) is 0 Å². The summed E-state index contributed by atoms with van der Waals surface area (Å²) in [5, 5.41) is 2.16. The van der Waals surface area contributed by atoms with Gasteiger partial charge in [-0.15, -0.1) is 0 Å². The topological polar surface area (TPSA) is 0 Å². The van der Waals surface area contributed by atoms with Crippen LogP contribution in [-0.4, -0.2) is 8.13 Å². The van der Waals surface area contributed by atoms with E-state index in [4.69, 9.17) is 58.0 Å². The number of alkyl halides is 5. The molecule has 0 bridgehead atoms. The summed E-state index contributed by atoms with van der Waals surface area (Å²) in [6, 6.07) is 13.8. The molecule has 18 heavy (non-hydrogen) atoms. The van der Waals surface area contributed by atoms with E-state index in [1.807, 2.05) is 42.5 Å². The van der Waals surface area contributed by atoms with Gasteiger partial charge < -0.3 is 0 Å². The maximum atomic E-state index is 6.12. The van der Waals surface area contributed by atoms with E-state index < -0.39 is 8.13 Å². The van der Waals surface area contributed by atoms with Gasteiger partial charge in [0.05, 0.1) is 0 Å². The Balaban J connectivity index is 2.44. The smallest absolute Gasteiger partial charge is 0.0965 e. The number of benzene rings is 2. The van der Waals surface area contributed by atoms with Crippen LogP contribution in [-0.2, 0) is 6.42 Å². The fourth-order valence-corrected chi connectivity index (χ4v) is 2.27. The number of rotatable bonds is 2. The molecule has 0 saturated heterocycles. The highest BCUT2D eigenvalue weighted by Crippen LogP contribution is 2.48. The Morgan fingerprint density at radius 1 is 0.778 bits per heavy atom. The van der Waals surface area contributed by atoms with Crippen molar-refractivity contribution >= 4 is 68.8 Å². The molecule has 0 saturated carbocycles.